The van der Waals surface area contributed by atoms with Gasteiger partial charge in [-0.3, -0.25) is 0 Å². The SMILES string of the molecule is OC[C@H]1OC2OC(c3ccccc3)O[C@H]3[C@@H]1OC(c1ccccc1)O[C@@H]23. The van der Waals surface area contributed by atoms with Gasteiger partial charge in [0.05, 0.1) is 6.61 Å². The smallest absolute Gasteiger partial charge is 0.190 e. The minimum atomic E-state index is -0.623. The van der Waals surface area contributed by atoms with Crippen LogP contribution in [-0.4, -0.2) is 42.4 Å². The third kappa shape index (κ3) is 2.75. The summed E-state index contributed by atoms with van der Waals surface area (Å²) in [7, 11) is 0. The number of ether oxygens (including phenoxy) is 5. The van der Waals surface area contributed by atoms with Crippen LogP contribution in [0, 0.1) is 0 Å². The van der Waals surface area contributed by atoms with Crippen molar-refractivity contribution in [3.63, 3.8) is 0 Å². The van der Waals surface area contributed by atoms with E-state index in [0.29, 0.717) is 0 Å². The summed E-state index contributed by atoms with van der Waals surface area (Å²) < 4.78 is 30.3. The molecule has 7 atom stereocenters. The molecule has 0 spiro atoms. The Labute approximate surface area is 151 Å². The average Bonchev–Trinajstić information content (AvgIpc) is 2.70. The van der Waals surface area contributed by atoms with E-state index in [1.54, 1.807) is 0 Å². The van der Waals surface area contributed by atoms with Crippen LogP contribution < -0.4 is 0 Å². The van der Waals surface area contributed by atoms with Gasteiger partial charge in [-0.05, 0) is 0 Å². The lowest BCUT2D eigenvalue weighted by Crippen LogP contribution is -2.67. The molecule has 2 aromatic carbocycles. The van der Waals surface area contributed by atoms with Crippen LogP contribution in [0.5, 0.6) is 0 Å². The summed E-state index contributed by atoms with van der Waals surface area (Å²) in [6.45, 7) is -0.172. The van der Waals surface area contributed by atoms with Crippen LogP contribution >= 0.6 is 0 Å². The second-order valence-electron chi connectivity index (χ2n) is 6.65. The molecule has 3 unspecified atom stereocenters. The summed E-state index contributed by atoms with van der Waals surface area (Å²) in [4.78, 5) is 0. The number of aliphatic hydroxyl groups is 1. The molecule has 0 aromatic heterocycles. The highest BCUT2D eigenvalue weighted by atomic mass is 16.8. The molecule has 6 nitrogen and oxygen atoms in total. The molecule has 0 aliphatic carbocycles. The van der Waals surface area contributed by atoms with Crippen molar-refractivity contribution in [3.8, 4) is 0 Å². The van der Waals surface area contributed by atoms with Crippen molar-refractivity contribution < 1.29 is 28.8 Å². The molecule has 5 rings (SSSR count). The molecule has 4 bridgehead atoms. The van der Waals surface area contributed by atoms with E-state index in [2.05, 4.69) is 0 Å². The van der Waals surface area contributed by atoms with Gasteiger partial charge in [-0.1, -0.05) is 60.7 Å². The van der Waals surface area contributed by atoms with Crippen molar-refractivity contribution in [2.45, 2.75) is 43.3 Å². The van der Waals surface area contributed by atoms with E-state index in [1.807, 2.05) is 60.7 Å². The Morgan fingerprint density at radius 2 is 1.15 bits per heavy atom. The molecule has 2 aromatic rings. The van der Waals surface area contributed by atoms with E-state index in [1.165, 1.54) is 0 Å². The zero-order chi connectivity index (χ0) is 17.5. The van der Waals surface area contributed by atoms with Crippen molar-refractivity contribution >= 4 is 0 Å². The van der Waals surface area contributed by atoms with Gasteiger partial charge in [0.25, 0.3) is 0 Å². The summed E-state index contributed by atoms with van der Waals surface area (Å²) in [5.74, 6) is 0. The van der Waals surface area contributed by atoms with Gasteiger partial charge in [-0.15, -0.1) is 0 Å². The topological polar surface area (TPSA) is 66.4 Å². The Bertz CT molecular complexity index is 736. The van der Waals surface area contributed by atoms with Crippen LogP contribution in [0.4, 0.5) is 0 Å². The largest absolute Gasteiger partial charge is 0.394 e. The first-order valence-electron chi connectivity index (χ1n) is 8.81. The van der Waals surface area contributed by atoms with Gasteiger partial charge < -0.3 is 28.8 Å². The van der Waals surface area contributed by atoms with Crippen LogP contribution in [0.25, 0.3) is 0 Å². The fraction of sp³-hybridized carbons (Fsp3) is 0.400. The minimum absolute atomic E-state index is 0.172. The van der Waals surface area contributed by atoms with Crippen LogP contribution in [0.15, 0.2) is 60.7 Å². The van der Waals surface area contributed by atoms with Crippen LogP contribution in [-0.2, 0) is 23.7 Å². The first-order valence-corrected chi connectivity index (χ1v) is 8.81. The molecule has 3 fully saturated rings. The van der Waals surface area contributed by atoms with Crippen molar-refractivity contribution in [3.05, 3.63) is 71.8 Å². The van der Waals surface area contributed by atoms with Crippen LogP contribution in [0.2, 0.25) is 0 Å². The molecule has 3 heterocycles. The minimum Gasteiger partial charge on any atom is -0.394 e. The van der Waals surface area contributed by atoms with Gasteiger partial charge in [-0.25, -0.2) is 0 Å². The van der Waals surface area contributed by atoms with E-state index in [0.717, 1.165) is 11.1 Å². The van der Waals surface area contributed by atoms with Crippen molar-refractivity contribution in [2.75, 3.05) is 6.61 Å². The Balaban J connectivity index is 1.43. The second-order valence-corrected chi connectivity index (χ2v) is 6.65. The fourth-order valence-corrected chi connectivity index (χ4v) is 3.75. The van der Waals surface area contributed by atoms with E-state index in [-0.39, 0.29) is 12.7 Å². The Morgan fingerprint density at radius 1 is 0.615 bits per heavy atom. The quantitative estimate of drug-likeness (QED) is 0.910. The molecule has 1 N–H and O–H groups in total. The van der Waals surface area contributed by atoms with Crippen LogP contribution in [0.3, 0.4) is 0 Å². The first-order chi connectivity index (χ1) is 12.8. The zero-order valence-electron chi connectivity index (χ0n) is 14.0. The summed E-state index contributed by atoms with van der Waals surface area (Å²) in [5.41, 5.74) is 1.82. The highest BCUT2D eigenvalue weighted by Crippen LogP contribution is 2.45. The van der Waals surface area contributed by atoms with Crippen molar-refractivity contribution in [1.82, 2.24) is 0 Å². The van der Waals surface area contributed by atoms with Gasteiger partial charge in [0, 0.05) is 11.1 Å². The molecule has 6 heteroatoms. The highest BCUT2D eigenvalue weighted by molar-refractivity contribution is 5.19. The molecule has 26 heavy (non-hydrogen) atoms. The van der Waals surface area contributed by atoms with Gasteiger partial charge in [0.1, 0.15) is 24.4 Å². The maximum atomic E-state index is 9.74. The summed E-state index contributed by atoms with van der Waals surface area (Å²) >= 11 is 0. The van der Waals surface area contributed by atoms with Crippen molar-refractivity contribution in [2.24, 2.45) is 0 Å². The Hall–Kier alpha value is -1.80. The van der Waals surface area contributed by atoms with Gasteiger partial charge >= 0.3 is 0 Å². The van der Waals surface area contributed by atoms with E-state index in [9.17, 15) is 5.11 Å². The first kappa shape index (κ1) is 16.4. The molecular weight excluding hydrogens is 336 g/mol. The lowest BCUT2D eigenvalue weighted by atomic mass is 9.95. The fourth-order valence-electron chi connectivity index (χ4n) is 3.75. The number of aliphatic hydroxyl groups excluding tert-OH is 1. The molecule has 3 saturated heterocycles. The summed E-state index contributed by atoms with van der Waals surface area (Å²) in [6.07, 6.45) is -3.45. The molecule has 0 radical (unpaired) electrons. The van der Waals surface area contributed by atoms with Crippen molar-refractivity contribution in [1.29, 1.82) is 0 Å². The summed E-state index contributed by atoms with van der Waals surface area (Å²) in [6, 6.07) is 19.4. The molecule has 0 saturated carbocycles. The molecule has 0 amide bonds. The third-order valence-corrected chi connectivity index (χ3v) is 5.01. The number of hydrogen-bond donors (Lipinski definition) is 1. The van der Waals surface area contributed by atoms with Gasteiger partial charge in [-0.2, -0.15) is 0 Å². The molecular formula is C20H20O6. The normalized spacial score (nSPS) is 38.7. The number of rotatable bonds is 3. The van der Waals surface area contributed by atoms with Gasteiger partial charge in [0.15, 0.2) is 18.9 Å². The third-order valence-electron chi connectivity index (χ3n) is 5.01. The standard InChI is InChI=1S/C20H20O6/c21-11-14-15-16-17(25-18(23-15)12-7-3-1-4-8-12)20(22-14)26-19(24-16)13-9-5-2-6-10-13/h1-10,14-21H,11H2/t14-,15-,16+,17-,18?,19?,20?/m1/s1. The Morgan fingerprint density at radius 3 is 1.77 bits per heavy atom. The monoisotopic (exact) mass is 356 g/mol. The Kier molecular flexibility index (Phi) is 4.24. The molecule has 3 aliphatic rings. The maximum absolute atomic E-state index is 9.74. The average molecular weight is 356 g/mol. The highest BCUT2D eigenvalue weighted by Gasteiger charge is 2.57. The van der Waals surface area contributed by atoms with E-state index < -0.39 is 37.2 Å². The zero-order valence-corrected chi connectivity index (χ0v) is 14.0. The van der Waals surface area contributed by atoms with Crippen LogP contribution in [0.1, 0.15) is 23.7 Å². The van der Waals surface area contributed by atoms with E-state index >= 15 is 0 Å². The number of benzene rings is 2. The summed E-state index contributed by atoms with van der Waals surface area (Å²) in [5, 5.41) is 9.74. The van der Waals surface area contributed by atoms with E-state index in [4.69, 9.17) is 23.7 Å². The number of hydrogen-bond acceptors (Lipinski definition) is 6. The predicted octanol–water partition coefficient (Wildman–Crippen LogP) is 2.30. The second kappa shape index (κ2) is 6.74. The maximum Gasteiger partial charge on any atom is 0.190 e. The predicted molar refractivity (Wildman–Crippen MR) is 89.8 cm³/mol. The van der Waals surface area contributed by atoms with Gasteiger partial charge in [0.2, 0.25) is 0 Å². The molecule has 3 aliphatic heterocycles. The molecule has 136 valence electrons. The lowest BCUT2D eigenvalue weighted by Gasteiger charge is -2.54. The lowest BCUT2D eigenvalue weighted by molar-refractivity contribution is -0.463.